The molecule has 0 aliphatic carbocycles. The van der Waals surface area contributed by atoms with E-state index in [2.05, 4.69) is 20.0 Å². The first kappa shape index (κ1) is 12.1. The van der Waals surface area contributed by atoms with Gasteiger partial charge < -0.3 is 10.1 Å². The molecule has 1 rings (SSSR count). The lowest BCUT2D eigenvalue weighted by Gasteiger charge is -2.04. The van der Waals surface area contributed by atoms with Crippen molar-refractivity contribution in [1.29, 1.82) is 0 Å². The summed E-state index contributed by atoms with van der Waals surface area (Å²) < 4.78 is 4.36. The zero-order valence-corrected chi connectivity index (χ0v) is 9.11. The van der Waals surface area contributed by atoms with Crippen LogP contribution < -0.4 is 5.32 Å². The van der Waals surface area contributed by atoms with Crippen LogP contribution in [-0.2, 0) is 4.74 Å². The zero-order valence-electron chi connectivity index (χ0n) is 8.35. The van der Waals surface area contributed by atoms with Gasteiger partial charge in [-0.05, 0) is 11.6 Å². The molecular weight excluding hydrogens is 240 g/mol. The van der Waals surface area contributed by atoms with Crippen LogP contribution in [0, 0.1) is 10.1 Å². The zero-order chi connectivity index (χ0) is 12.3. The summed E-state index contributed by atoms with van der Waals surface area (Å²) in [7, 11) is 2.49. The molecule has 0 saturated carbocycles. The second-order valence-electron chi connectivity index (χ2n) is 2.54. The van der Waals surface area contributed by atoms with Crippen LogP contribution >= 0.6 is 11.6 Å². The molecule has 9 heteroatoms. The Morgan fingerprint density at radius 3 is 2.62 bits per heavy atom. The van der Waals surface area contributed by atoms with Crippen LogP contribution in [0.2, 0.25) is 5.28 Å². The van der Waals surface area contributed by atoms with Crippen LogP contribution in [0.15, 0.2) is 0 Å². The van der Waals surface area contributed by atoms with Crippen molar-refractivity contribution in [2.24, 2.45) is 0 Å². The highest BCUT2D eigenvalue weighted by atomic mass is 35.5. The number of hydrogen-bond donors (Lipinski definition) is 1. The standard InChI is InChI=1S/C7H7ClN4O4/c1-9-5-4(12(14)15)3(6(13)16-2)10-7(8)11-5/h1-2H3,(H,9,10,11). The number of carbonyl (C=O) groups excluding carboxylic acids is 1. The molecule has 0 unspecified atom stereocenters. The molecule has 0 atom stereocenters. The molecule has 0 aliphatic rings. The molecule has 0 saturated heterocycles. The number of nitrogens with zero attached hydrogens (tertiary/aromatic N) is 3. The van der Waals surface area contributed by atoms with Gasteiger partial charge in [-0.15, -0.1) is 0 Å². The van der Waals surface area contributed by atoms with Gasteiger partial charge in [-0.1, -0.05) is 0 Å². The van der Waals surface area contributed by atoms with Gasteiger partial charge in [0.05, 0.1) is 12.0 Å². The average molecular weight is 247 g/mol. The molecule has 1 N–H and O–H groups in total. The Morgan fingerprint density at radius 2 is 2.19 bits per heavy atom. The minimum Gasteiger partial charge on any atom is -0.464 e. The fourth-order valence-corrected chi connectivity index (χ4v) is 1.18. The van der Waals surface area contributed by atoms with Crippen molar-refractivity contribution < 1.29 is 14.5 Å². The molecule has 1 aromatic heterocycles. The van der Waals surface area contributed by atoms with Crippen molar-refractivity contribution in [1.82, 2.24) is 9.97 Å². The molecule has 8 nitrogen and oxygen atoms in total. The number of carbonyl (C=O) groups is 1. The maximum absolute atomic E-state index is 11.3. The summed E-state index contributed by atoms with van der Waals surface area (Å²) in [6.07, 6.45) is 0. The van der Waals surface area contributed by atoms with Crippen molar-refractivity contribution in [3.8, 4) is 0 Å². The molecule has 0 aromatic carbocycles. The van der Waals surface area contributed by atoms with E-state index in [1.807, 2.05) is 0 Å². The Morgan fingerprint density at radius 1 is 1.56 bits per heavy atom. The van der Waals surface area contributed by atoms with Gasteiger partial charge in [-0.2, -0.15) is 4.98 Å². The van der Waals surface area contributed by atoms with Crippen LogP contribution in [0.3, 0.4) is 0 Å². The number of nitro groups is 1. The van der Waals surface area contributed by atoms with Crippen LogP contribution in [0.25, 0.3) is 0 Å². The largest absolute Gasteiger partial charge is 0.464 e. The van der Waals surface area contributed by atoms with Gasteiger partial charge in [-0.25, -0.2) is 9.78 Å². The van der Waals surface area contributed by atoms with Crippen LogP contribution in [0.1, 0.15) is 10.5 Å². The third-order valence-corrected chi connectivity index (χ3v) is 1.82. The Kier molecular flexibility index (Phi) is 3.56. The molecule has 0 bridgehead atoms. The lowest BCUT2D eigenvalue weighted by Crippen LogP contribution is -2.12. The van der Waals surface area contributed by atoms with Gasteiger partial charge in [0, 0.05) is 7.05 Å². The summed E-state index contributed by atoms with van der Waals surface area (Å²) in [4.78, 5) is 28.3. The number of nitrogens with one attached hydrogen (secondary N) is 1. The molecule has 16 heavy (non-hydrogen) atoms. The van der Waals surface area contributed by atoms with Gasteiger partial charge >= 0.3 is 11.7 Å². The highest BCUT2D eigenvalue weighted by Crippen LogP contribution is 2.27. The molecule has 86 valence electrons. The van der Waals surface area contributed by atoms with E-state index in [1.165, 1.54) is 7.05 Å². The van der Waals surface area contributed by atoms with Crippen LogP contribution in [-0.4, -0.2) is 35.0 Å². The molecule has 0 aliphatic heterocycles. The Bertz CT molecular complexity index is 450. The van der Waals surface area contributed by atoms with Gasteiger partial charge in [0.2, 0.25) is 16.8 Å². The van der Waals surface area contributed by atoms with Crippen molar-refractivity contribution >= 4 is 29.1 Å². The molecular formula is C7H7ClN4O4. The lowest BCUT2D eigenvalue weighted by molar-refractivity contribution is -0.384. The highest BCUT2D eigenvalue weighted by Gasteiger charge is 2.29. The first-order chi connectivity index (χ1) is 7.51. The third-order valence-electron chi connectivity index (χ3n) is 1.65. The topological polar surface area (TPSA) is 107 Å². The molecule has 0 radical (unpaired) electrons. The summed E-state index contributed by atoms with van der Waals surface area (Å²) in [6.45, 7) is 0. The Hall–Kier alpha value is -1.96. The van der Waals surface area contributed by atoms with Crippen molar-refractivity contribution in [3.63, 3.8) is 0 Å². The number of ether oxygens (including phenoxy) is 1. The number of halogens is 1. The average Bonchev–Trinajstić information content (AvgIpc) is 2.26. The van der Waals surface area contributed by atoms with Gasteiger partial charge in [0.1, 0.15) is 0 Å². The summed E-state index contributed by atoms with van der Waals surface area (Å²) in [6, 6.07) is 0. The fourth-order valence-electron chi connectivity index (χ4n) is 1.01. The van der Waals surface area contributed by atoms with Gasteiger partial charge in [-0.3, -0.25) is 10.1 Å². The highest BCUT2D eigenvalue weighted by molar-refractivity contribution is 6.28. The number of rotatable bonds is 3. The van der Waals surface area contributed by atoms with E-state index >= 15 is 0 Å². The van der Waals surface area contributed by atoms with Crippen LogP contribution in [0.5, 0.6) is 0 Å². The summed E-state index contributed by atoms with van der Waals surface area (Å²) in [5.41, 5.74) is -1.06. The number of esters is 1. The molecule has 1 aromatic rings. The van der Waals surface area contributed by atoms with Crippen molar-refractivity contribution in [2.45, 2.75) is 0 Å². The van der Waals surface area contributed by atoms with E-state index in [9.17, 15) is 14.9 Å². The van der Waals surface area contributed by atoms with E-state index < -0.39 is 22.3 Å². The second kappa shape index (κ2) is 4.71. The summed E-state index contributed by atoms with van der Waals surface area (Å²) in [5, 5.41) is 12.9. The van der Waals surface area contributed by atoms with E-state index in [1.54, 1.807) is 0 Å². The predicted octanol–water partition coefficient (Wildman–Crippen LogP) is 0.866. The van der Waals surface area contributed by atoms with E-state index in [0.717, 1.165) is 7.11 Å². The van der Waals surface area contributed by atoms with Gasteiger partial charge in [0.25, 0.3) is 0 Å². The SMILES string of the molecule is CNc1nc(Cl)nc(C(=O)OC)c1[N+](=O)[O-]. The van der Waals surface area contributed by atoms with E-state index in [-0.39, 0.29) is 11.1 Å². The number of hydrogen-bond acceptors (Lipinski definition) is 7. The summed E-state index contributed by atoms with van der Waals surface area (Å²) in [5.74, 6) is -1.10. The fraction of sp³-hybridized carbons (Fsp3) is 0.286. The van der Waals surface area contributed by atoms with Crippen molar-refractivity contribution in [2.75, 3.05) is 19.5 Å². The van der Waals surface area contributed by atoms with E-state index in [0.29, 0.717) is 0 Å². The quantitative estimate of drug-likeness (QED) is 0.365. The monoisotopic (exact) mass is 246 g/mol. The lowest BCUT2D eigenvalue weighted by atomic mass is 10.3. The Labute approximate surface area is 94.7 Å². The number of aromatic nitrogens is 2. The molecule has 0 fully saturated rings. The summed E-state index contributed by atoms with van der Waals surface area (Å²) >= 11 is 5.51. The number of methoxy groups -OCH3 is 1. The normalized spacial score (nSPS) is 9.69. The molecule has 0 spiro atoms. The first-order valence-electron chi connectivity index (χ1n) is 3.99. The smallest absolute Gasteiger partial charge is 0.364 e. The number of anilines is 1. The Balaban J connectivity index is 3.50. The molecule has 1 heterocycles. The second-order valence-corrected chi connectivity index (χ2v) is 2.88. The predicted molar refractivity (Wildman–Crippen MR) is 54.6 cm³/mol. The molecule has 0 amide bonds. The minimum absolute atomic E-state index is 0.148. The maximum atomic E-state index is 11.3. The van der Waals surface area contributed by atoms with Crippen LogP contribution in [0.4, 0.5) is 11.5 Å². The van der Waals surface area contributed by atoms with Crippen molar-refractivity contribution in [3.05, 3.63) is 21.1 Å². The van der Waals surface area contributed by atoms with Gasteiger partial charge in [0.15, 0.2) is 0 Å². The minimum atomic E-state index is -0.951. The maximum Gasteiger partial charge on any atom is 0.364 e. The first-order valence-corrected chi connectivity index (χ1v) is 4.37. The van der Waals surface area contributed by atoms with E-state index in [4.69, 9.17) is 11.6 Å². The third kappa shape index (κ3) is 2.16.